The zero-order chi connectivity index (χ0) is 14.1. The number of halogens is 1. The molecular weight excluding hydrogens is 280 g/mol. The number of nitro groups is 1. The molecule has 1 aromatic carbocycles. The number of benzene rings is 1. The summed E-state index contributed by atoms with van der Waals surface area (Å²) >= 11 is 6.13. The van der Waals surface area contributed by atoms with Crippen molar-refractivity contribution in [2.45, 2.75) is 6.54 Å². The van der Waals surface area contributed by atoms with E-state index >= 15 is 0 Å². The van der Waals surface area contributed by atoms with Gasteiger partial charge in [0.15, 0.2) is 0 Å². The van der Waals surface area contributed by atoms with Gasteiger partial charge >= 0.3 is 5.69 Å². The number of fused-ring (bicyclic) bond motifs is 1. The summed E-state index contributed by atoms with van der Waals surface area (Å²) in [6.45, 7) is 0.401. The lowest BCUT2D eigenvalue weighted by Gasteiger charge is -2.07. The maximum atomic E-state index is 10.6. The smallest absolute Gasteiger partial charge is 0.261 e. The second-order valence-corrected chi connectivity index (χ2v) is 4.67. The van der Waals surface area contributed by atoms with Crippen LogP contribution in [-0.4, -0.2) is 19.7 Å². The summed E-state index contributed by atoms with van der Waals surface area (Å²) in [6, 6.07) is 7.35. The number of pyridine rings is 1. The van der Waals surface area contributed by atoms with Gasteiger partial charge in [-0.3, -0.25) is 19.8 Å². The average molecular weight is 289 g/mol. The van der Waals surface area contributed by atoms with Gasteiger partial charge in [0, 0.05) is 16.6 Å². The molecule has 0 atom stereocenters. The second-order valence-electron chi connectivity index (χ2n) is 4.26. The third kappa shape index (κ3) is 2.21. The summed E-state index contributed by atoms with van der Waals surface area (Å²) in [5.41, 5.74) is 1.65. The maximum Gasteiger partial charge on any atom is 0.307 e. The van der Waals surface area contributed by atoms with Gasteiger partial charge < -0.3 is 0 Å². The standard InChI is InChI=1S/C13H9ClN4O2/c14-12-4-3-9(13-11(12)2-1-5-15-13)7-17-8-10(6-16-17)18(19)20/h1-6,8H,7H2. The molecule has 100 valence electrons. The van der Waals surface area contributed by atoms with Crippen LogP contribution in [0.4, 0.5) is 5.69 Å². The van der Waals surface area contributed by atoms with Crippen LogP contribution in [0.5, 0.6) is 0 Å². The Balaban J connectivity index is 2.02. The highest BCUT2D eigenvalue weighted by molar-refractivity contribution is 6.35. The summed E-state index contributed by atoms with van der Waals surface area (Å²) < 4.78 is 1.51. The molecule has 7 heteroatoms. The van der Waals surface area contributed by atoms with Crippen LogP contribution < -0.4 is 0 Å². The lowest BCUT2D eigenvalue weighted by Crippen LogP contribution is -2.01. The topological polar surface area (TPSA) is 73.8 Å². The molecule has 0 N–H and O–H groups in total. The lowest BCUT2D eigenvalue weighted by molar-refractivity contribution is -0.385. The van der Waals surface area contributed by atoms with Crippen molar-refractivity contribution in [3.05, 3.63) is 63.6 Å². The van der Waals surface area contributed by atoms with Crippen LogP contribution in [0.1, 0.15) is 5.56 Å². The Labute approximate surface area is 118 Å². The first-order valence-corrected chi connectivity index (χ1v) is 6.22. The molecule has 0 radical (unpaired) electrons. The van der Waals surface area contributed by atoms with Crippen molar-refractivity contribution >= 4 is 28.2 Å². The minimum atomic E-state index is -0.471. The van der Waals surface area contributed by atoms with E-state index in [9.17, 15) is 10.1 Å². The summed E-state index contributed by atoms with van der Waals surface area (Å²) in [5.74, 6) is 0. The van der Waals surface area contributed by atoms with Crippen molar-refractivity contribution in [3.63, 3.8) is 0 Å². The summed E-state index contributed by atoms with van der Waals surface area (Å²) in [6.07, 6.45) is 4.31. The normalized spacial score (nSPS) is 10.8. The van der Waals surface area contributed by atoms with Gasteiger partial charge in [0.1, 0.15) is 12.4 Å². The summed E-state index contributed by atoms with van der Waals surface area (Å²) in [7, 11) is 0. The SMILES string of the molecule is O=[N+]([O-])c1cnn(Cc2ccc(Cl)c3cccnc23)c1. The fourth-order valence-electron chi connectivity index (χ4n) is 2.03. The van der Waals surface area contributed by atoms with Gasteiger partial charge in [0.25, 0.3) is 0 Å². The molecular formula is C13H9ClN4O2. The van der Waals surface area contributed by atoms with E-state index in [1.165, 1.54) is 17.1 Å². The van der Waals surface area contributed by atoms with Gasteiger partial charge in [-0.25, -0.2) is 0 Å². The van der Waals surface area contributed by atoms with Gasteiger partial charge in [-0.05, 0) is 23.8 Å². The zero-order valence-corrected chi connectivity index (χ0v) is 11.0. The number of hydrogen-bond acceptors (Lipinski definition) is 4. The van der Waals surface area contributed by atoms with Gasteiger partial charge in [0.05, 0.1) is 17.0 Å². The molecule has 3 aromatic rings. The number of nitrogens with zero attached hydrogens (tertiary/aromatic N) is 4. The van der Waals surface area contributed by atoms with Crippen molar-refractivity contribution in [3.8, 4) is 0 Å². The third-order valence-electron chi connectivity index (χ3n) is 2.96. The van der Waals surface area contributed by atoms with Gasteiger partial charge in [0.2, 0.25) is 0 Å². The lowest BCUT2D eigenvalue weighted by atomic mass is 10.1. The molecule has 0 spiro atoms. The molecule has 0 unspecified atom stereocenters. The molecule has 0 bridgehead atoms. The van der Waals surface area contributed by atoms with Crippen molar-refractivity contribution in [1.82, 2.24) is 14.8 Å². The van der Waals surface area contributed by atoms with Crippen LogP contribution in [0.3, 0.4) is 0 Å². The van der Waals surface area contributed by atoms with Gasteiger partial charge in [-0.2, -0.15) is 5.10 Å². The van der Waals surface area contributed by atoms with E-state index in [1.54, 1.807) is 12.3 Å². The van der Waals surface area contributed by atoms with Crippen molar-refractivity contribution in [2.75, 3.05) is 0 Å². The predicted molar refractivity (Wildman–Crippen MR) is 74.7 cm³/mol. The quantitative estimate of drug-likeness (QED) is 0.548. The van der Waals surface area contributed by atoms with Gasteiger partial charge in [-0.1, -0.05) is 17.7 Å². The molecule has 0 saturated heterocycles. The van der Waals surface area contributed by atoms with Crippen molar-refractivity contribution < 1.29 is 4.92 Å². The van der Waals surface area contributed by atoms with Crippen LogP contribution in [0, 0.1) is 10.1 Å². The highest BCUT2D eigenvalue weighted by Crippen LogP contribution is 2.25. The van der Waals surface area contributed by atoms with E-state index in [-0.39, 0.29) is 5.69 Å². The van der Waals surface area contributed by atoms with Crippen LogP contribution >= 0.6 is 11.6 Å². The van der Waals surface area contributed by atoms with E-state index in [0.717, 1.165) is 16.5 Å². The molecule has 0 aliphatic rings. The fourth-order valence-corrected chi connectivity index (χ4v) is 2.25. The van der Waals surface area contributed by atoms with E-state index in [0.29, 0.717) is 11.6 Å². The fraction of sp³-hybridized carbons (Fsp3) is 0.0769. The monoisotopic (exact) mass is 288 g/mol. The van der Waals surface area contributed by atoms with E-state index in [2.05, 4.69) is 10.1 Å². The Hall–Kier alpha value is -2.47. The number of hydrogen-bond donors (Lipinski definition) is 0. The van der Waals surface area contributed by atoms with E-state index in [1.807, 2.05) is 18.2 Å². The van der Waals surface area contributed by atoms with Gasteiger partial charge in [-0.15, -0.1) is 0 Å². The van der Waals surface area contributed by atoms with Crippen LogP contribution in [-0.2, 0) is 6.54 Å². The van der Waals surface area contributed by atoms with E-state index in [4.69, 9.17) is 11.6 Å². The summed E-state index contributed by atoms with van der Waals surface area (Å²) in [5, 5.41) is 16.1. The van der Waals surface area contributed by atoms with Crippen LogP contribution in [0.25, 0.3) is 10.9 Å². The first-order valence-electron chi connectivity index (χ1n) is 5.84. The molecule has 0 aliphatic carbocycles. The highest BCUT2D eigenvalue weighted by atomic mass is 35.5. The minimum Gasteiger partial charge on any atom is -0.261 e. The van der Waals surface area contributed by atoms with E-state index < -0.39 is 4.92 Å². The molecule has 0 aliphatic heterocycles. The Morgan fingerprint density at radius 2 is 2.20 bits per heavy atom. The Kier molecular flexibility index (Phi) is 3.08. The zero-order valence-electron chi connectivity index (χ0n) is 10.2. The number of rotatable bonds is 3. The third-order valence-corrected chi connectivity index (χ3v) is 3.29. The first-order chi connectivity index (χ1) is 9.65. The predicted octanol–water partition coefficient (Wildman–Crippen LogP) is 3.04. The number of aromatic nitrogens is 3. The molecule has 2 heterocycles. The minimum absolute atomic E-state index is 0.0313. The van der Waals surface area contributed by atoms with Crippen LogP contribution in [0.15, 0.2) is 42.9 Å². The maximum absolute atomic E-state index is 10.6. The van der Waals surface area contributed by atoms with Crippen LogP contribution in [0.2, 0.25) is 5.02 Å². The Bertz CT molecular complexity index is 800. The highest BCUT2D eigenvalue weighted by Gasteiger charge is 2.11. The second kappa shape index (κ2) is 4.90. The molecule has 2 aromatic heterocycles. The Morgan fingerprint density at radius 1 is 1.35 bits per heavy atom. The molecule has 20 heavy (non-hydrogen) atoms. The molecule has 0 amide bonds. The molecule has 6 nitrogen and oxygen atoms in total. The summed E-state index contributed by atoms with van der Waals surface area (Å²) in [4.78, 5) is 14.5. The van der Waals surface area contributed by atoms with Crippen molar-refractivity contribution in [2.24, 2.45) is 0 Å². The average Bonchev–Trinajstić information content (AvgIpc) is 2.91. The molecule has 0 saturated carbocycles. The molecule has 0 fully saturated rings. The van der Waals surface area contributed by atoms with Crippen molar-refractivity contribution in [1.29, 1.82) is 0 Å². The molecule has 3 rings (SSSR count). The first kappa shape index (κ1) is 12.6. The largest absolute Gasteiger partial charge is 0.307 e. The Morgan fingerprint density at radius 3 is 2.95 bits per heavy atom.